The summed E-state index contributed by atoms with van der Waals surface area (Å²) < 4.78 is 27.7. The number of hydrogen-bond donors (Lipinski definition) is 1. The molecule has 0 aliphatic heterocycles. The van der Waals surface area contributed by atoms with Gasteiger partial charge in [-0.25, -0.2) is 13.8 Å². The van der Waals surface area contributed by atoms with Gasteiger partial charge in [0.2, 0.25) is 0 Å². The molecule has 0 aliphatic carbocycles. The van der Waals surface area contributed by atoms with Crippen molar-refractivity contribution in [3.63, 3.8) is 0 Å². The summed E-state index contributed by atoms with van der Waals surface area (Å²) in [5.74, 6) is -1.25. The number of aryl methyl sites for hydroxylation is 1. The number of halogens is 2. The molecule has 0 radical (unpaired) electrons. The average molecular weight is 234 g/mol. The lowest BCUT2D eigenvalue weighted by Gasteiger charge is -1.90. The van der Waals surface area contributed by atoms with E-state index in [9.17, 15) is 8.78 Å². The molecule has 1 aromatic carbocycles. The molecule has 0 aliphatic rings. The van der Waals surface area contributed by atoms with Gasteiger partial charge in [0, 0.05) is 25.4 Å². The average Bonchev–Trinajstić information content (AvgIpc) is 2.85. The Morgan fingerprint density at radius 1 is 1.24 bits per heavy atom. The van der Waals surface area contributed by atoms with Crippen LogP contribution in [0.1, 0.15) is 0 Å². The van der Waals surface area contributed by atoms with Gasteiger partial charge in [-0.3, -0.25) is 4.68 Å². The summed E-state index contributed by atoms with van der Waals surface area (Å²) in [6, 6.07) is 2.17. The molecule has 0 bridgehead atoms. The second kappa shape index (κ2) is 3.38. The Kier molecular flexibility index (Phi) is 1.98. The summed E-state index contributed by atoms with van der Waals surface area (Å²) in [6.07, 6.45) is 3.40. The van der Waals surface area contributed by atoms with Gasteiger partial charge in [-0.2, -0.15) is 5.10 Å². The summed E-state index contributed by atoms with van der Waals surface area (Å²) >= 11 is 0. The van der Waals surface area contributed by atoms with E-state index in [0.29, 0.717) is 16.9 Å². The van der Waals surface area contributed by atoms with E-state index in [2.05, 4.69) is 15.1 Å². The molecule has 86 valence electrons. The van der Waals surface area contributed by atoms with Crippen LogP contribution in [-0.4, -0.2) is 19.7 Å². The van der Waals surface area contributed by atoms with Crippen LogP contribution in [0.2, 0.25) is 0 Å². The van der Waals surface area contributed by atoms with Crippen molar-refractivity contribution in [2.24, 2.45) is 7.05 Å². The Labute approximate surface area is 94.9 Å². The molecule has 6 heteroatoms. The van der Waals surface area contributed by atoms with E-state index in [1.165, 1.54) is 0 Å². The third-order valence-corrected chi connectivity index (χ3v) is 2.50. The highest BCUT2D eigenvalue weighted by Gasteiger charge is 2.10. The maximum absolute atomic E-state index is 13.0. The number of aromatic amines is 1. The molecule has 0 saturated carbocycles. The summed E-state index contributed by atoms with van der Waals surface area (Å²) in [7, 11) is 1.78. The summed E-state index contributed by atoms with van der Waals surface area (Å²) in [4.78, 5) is 7.10. The minimum absolute atomic E-state index is 0.391. The van der Waals surface area contributed by atoms with Gasteiger partial charge in [-0.15, -0.1) is 0 Å². The van der Waals surface area contributed by atoms with E-state index >= 15 is 0 Å². The molecule has 0 atom stereocenters. The highest BCUT2D eigenvalue weighted by atomic mass is 19.2. The number of hydrogen-bond acceptors (Lipinski definition) is 2. The van der Waals surface area contributed by atoms with E-state index in [4.69, 9.17) is 0 Å². The SMILES string of the molecule is Cn1cc(-c2nc3cc(F)c(F)cc3[nH]2)cn1. The minimum Gasteiger partial charge on any atom is -0.338 e. The molecule has 0 unspecified atom stereocenters. The van der Waals surface area contributed by atoms with Gasteiger partial charge in [0.15, 0.2) is 11.6 Å². The Morgan fingerprint density at radius 3 is 2.71 bits per heavy atom. The van der Waals surface area contributed by atoms with E-state index < -0.39 is 11.6 Å². The van der Waals surface area contributed by atoms with Crippen LogP contribution in [0.3, 0.4) is 0 Å². The molecule has 3 rings (SSSR count). The molecular weight excluding hydrogens is 226 g/mol. The van der Waals surface area contributed by atoms with E-state index in [1.54, 1.807) is 24.1 Å². The molecule has 3 aromatic rings. The predicted molar refractivity (Wildman–Crippen MR) is 58.2 cm³/mol. The number of H-pyrrole nitrogens is 1. The van der Waals surface area contributed by atoms with Crippen molar-refractivity contribution in [2.75, 3.05) is 0 Å². The van der Waals surface area contributed by atoms with Crippen molar-refractivity contribution >= 4 is 11.0 Å². The van der Waals surface area contributed by atoms with Crippen LogP contribution in [0.25, 0.3) is 22.4 Å². The number of nitrogens with zero attached hydrogens (tertiary/aromatic N) is 3. The topological polar surface area (TPSA) is 46.5 Å². The Morgan fingerprint density at radius 2 is 2.00 bits per heavy atom. The van der Waals surface area contributed by atoms with Gasteiger partial charge in [0.1, 0.15) is 5.82 Å². The van der Waals surface area contributed by atoms with E-state index in [-0.39, 0.29) is 0 Å². The second-order valence-corrected chi connectivity index (χ2v) is 3.77. The predicted octanol–water partition coefficient (Wildman–Crippen LogP) is 2.24. The van der Waals surface area contributed by atoms with Gasteiger partial charge < -0.3 is 4.98 Å². The maximum atomic E-state index is 13.0. The Hall–Kier alpha value is -2.24. The minimum atomic E-state index is -0.901. The van der Waals surface area contributed by atoms with Crippen molar-refractivity contribution < 1.29 is 8.78 Å². The third kappa shape index (κ3) is 1.57. The number of imidazole rings is 1. The number of nitrogens with one attached hydrogen (secondary N) is 1. The van der Waals surface area contributed by atoms with Crippen molar-refractivity contribution in [3.8, 4) is 11.4 Å². The molecule has 0 amide bonds. The first-order valence-corrected chi connectivity index (χ1v) is 4.97. The lowest BCUT2D eigenvalue weighted by molar-refractivity contribution is 0.510. The highest BCUT2D eigenvalue weighted by Crippen LogP contribution is 2.21. The fourth-order valence-electron chi connectivity index (χ4n) is 1.69. The summed E-state index contributed by atoms with van der Waals surface area (Å²) in [6.45, 7) is 0. The van der Waals surface area contributed by atoms with Crippen molar-refractivity contribution in [1.82, 2.24) is 19.7 Å². The third-order valence-electron chi connectivity index (χ3n) is 2.50. The fourth-order valence-corrected chi connectivity index (χ4v) is 1.69. The Bertz CT molecular complexity index is 660. The zero-order valence-corrected chi connectivity index (χ0v) is 8.91. The zero-order chi connectivity index (χ0) is 12.0. The highest BCUT2D eigenvalue weighted by molar-refractivity contribution is 5.79. The first kappa shape index (κ1) is 9.95. The van der Waals surface area contributed by atoms with Crippen LogP contribution in [-0.2, 0) is 7.05 Å². The van der Waals surface area contributed by atoms with Crippen LogP contribution in [0, 0.1) is 11.6 Å². The van der Waals surface area contributed by atoms with Crippen LogP contribution < -0.4 is 0 Å². The zero-order valence-electron chi connectivity index (χ0n) is 8.91. The molecule has 1 N–H and O–H groups in total. The molecule has 4 nitrogen and oxygen atoms in total. The normalized spacial score (nSPS) is 11.2. The molecule has 0 spiro atoms. The maximum Gasteiger partial charge on any atom is 0.161 e. The smallest absolute Gasteiger partial charge is 0.161 e. The number of fused-ring (bicyclic) bond motifs is 1. The van der Waals surface area contributed by atoms with Gasteiger partial charge in [0.25, 0.3) is 0 Å². The quantitative estimate of drug-likeness (QED) is 0.701. The lowest BCUT2D eigenvalue weighted by atomic mass is 10.3. The summed E-state index contributed by atoms with van der Waals surface area (Å²) in [5, 5.41) is 4.01. The van der Waals surface area contributed by atoms with Gasteiger partial charge >= 0.3 is 0 Å². The van der Waals surface area contributed by atoms with Crippen molar-refractivity contribution in [3.05, 3.63) is 36.2 Å². The fraction of sp³-hybridized carbons (Fsp3) is 0.0909. The van der Waals surface area contributed by atoms with Gasteiger partial charge in [0.05, 0.1) is 22.8 Å². The first-order chi connectivity index (χ1) is 8.13. The molecule has 0 fully saturated rings. The first-order valence-electron chi connectivity index (χ1n) is 4.97. The van der Waals surface area contributed by atoms with Gasteiger partial charge in [-0.1, -0.05) is 0 Å². The number of benzene rings is 1. The molecule has 17 heavy (non-hydrogen) atoms. The van der Waals surface area contributed by atoms with Crippen LogP contribution in [0.15, 0.2) is 24.5 Å². The number of rotatable bonds is 1. The molecular formula is C11H8F2N4. The lowest BCUT2D eigenvalue weighted by Crippen LogP contribution is -1.84. The van der Waals surface area contributed by atoms with Crippen LogP contribution >= 0.6 is 0 Å². The van der Waals surface area contributed by atoms with E-state index in [1.807, 2.05) is 0 Å². The molecule has 0 saturated heterocycles. The number of aromatic nitrogens is 4. The summed E-state index contributed by atoms with van der Waals surface area (Å²) in [5.41, 5.74) is 1.62. The van der Waals surface area contributed by atoms with Crippen LogP contribution in [0.5, 0.6) is 0 Å². The molecule has 2 heterocycles. The Balaban J connectivity index is 2.19. The standard InChI is InChI=1S/C11H8F2N4/c1-17-5-6(4-14-17)11-15-9-2-7(12)8(13)3-10(9)16-11/h2-5H,1H3,(H,15,16). The monoisotopic (exact) mass is 234 g/mol. The van der Waals surface area contributed by atoms with Crippen LogP contribution in [0.4, 0.5) is 8.78 Å². The molecule has 2 aromatic heterocycles. The second-order valence-electron chi connectivity index (χ2n) is 3.77. The van der Waals surface area contributed by atoms with E-state index in [0.717, 1.165) is 17.7 Å². The largest absolute Gasteiger partial charge is 0.338 e. The van der Waals surface area contributed by atoms with Crippen molar-refractivity contribution in [1.29, 1.82) is 0 Å². The van der Waals surface area contributed by atoms with Crippen molar-refractivity contribution in [2.45, 2.75) is 0 Å². The van der Waals surface area contributed by atoms with Gasteiger partial charge in [-0.05, 0) is 0 Å².